The molecule has 0 aliphatic heterocycles. The Kier molecular flexibility index (Phi) is 7.11. The minimum Gasteiger partial charge on any atom is -0.481 e. The first kappa shape index (κ1) is 23.3. The number of aliphatic hydroxyl groups excluding tert-OH is 1. The number of fused-ring (bicyclic) bond motifs is 1. The van der Waals surface area contributed by atoms with Crippen LogP contribution in [0.1, 0.15) is 52.4 Å². The van der Waals surface area contributed by atoms with E-state index in [9.17, 15) is 29.7 Å². The number of aliphatic carboxylic acids is 3. The number of ether oxygens (including phenoxy) is 1. The molecule has 8 nitrogen and oxygen atoms in total. The van der Waals surface area contributed by atoms with Crippen LogP contribution in [0.2, 0.25) is 0 Å². The second-order valence-corrected chi connectivity index (χ2v) is 9.11. The van der Waals surface area contributed by atoms with E-state index in [-0.39, 0.29) is 35.9 Å². The summed E-state index contributed by atoms with van der Waals surface area (Å²) in [6.07, 6.45) is 1.76. The molecule has 2 aliphatic rings. The smallest absolute Gasteiger partial charge is 0.333 e. The van der Waals surface area contributed by atoms with Gasteiger partial charge in [-0.2, -0.15) is 0 Å². The van der Waals surface area contributed by atoms with Crippen LogP contribution in [-0.4, -0.2) is 57.7 Å². The fraction of sp³-hybridized carbons (Fsp3) is 0.762. The van der Waals surface area contributed by atoms with Crippen LogP contribution in [0.15, 0.2) is 12.2 Å². The van der Waals surface area contributed by atoms with E-state index in [0.29, 0.717) is 0 Å². The second-order valence-electron chi connectivity index (χ2n) is 9.11. The predicted octanol–water partition coefficient (Wildman–Crippen LogP) is 2.40. The first-order valence-corrected chi connectivity index (χ1v) is 10.0. The number of hydrogen-bond acceptors (Lipinski definition) is 5. The first-order valence-electron chi connectivity index (χ1n) is 10.0. The zero-order valence-electron chi connectivity index (χ0n) is 17.1. The number of carboxylic acid groups (broad SMARTS) is 3. The van der Waals surface area contributed by atoms with Crippen LogP contribution in [0.3, 0.4) is 0 Å². The van der Waals surface area contributed by atoms with Crippen molar-refractivity contribution in [1.29, 1.82) is 0 Å². The van der Waals surface area contributed by atoms with Gasteiger partial charge in [0.05, 0.1) is 13.0 Å². The van der Waals surface area contributed by atoms with Crippen molar-refractivity contribution in [3.63, 3.8) is 0 Å². The maximum Gasteiger partial charge on any atom is 0.333 e. The summed E-state index contributed by atoms with van der Waals surface area (Å²) in [5.74, 6) is -6.06. The van der Waals surface area contributed by atoms with Gasteiger partial charge in [0.1, 0.15) is 5.92 Å². The van der Waals surface area contributed by atoms with Crippen LogP contribution >= 0.6 is 0 Å². The third kappa shape index (κ3) is 4.64. The topological polar surface area (TPSA) is 141 Å². The molecule has 8 heteroatoms. The van der Waals surface area contributed by atoms with Gasteiger partial charge in [0.15, 0.2) is 6.10 Å². The highest BCUT2D eigenvalue weighted by Crippen LogP contribution is 2.60. The maximum absolute atomic E-state index is 11.7. The molecule has 2 rings (SSSR count). The molecule has 6 atom stereocenters. The summed E-state index contributed by atoms with van der Waals surface area (Å²) in [5, 5.41) is 37.8. The molecule has 4 N–H and O–H groups in total. The zero-order chi connectivity index (χ0) is 22.0. The van der Waals surface area contributed by atoms with E-state index >= 15 is 0 Å². The van der Waals surface area contributed by atoms with Gasteiger partial charge in [0.2, 0.25) is 0 Å². The highest BCUT2D eigenvalue weighted by molar-refractivity contribution is 5.85. The standard InChI is InChI=1S/C21H32O8/c1-12-5-6-15-20(2,11-22)7-4-8-21(15,3)14(12)10-29-17(19(27)28)13(18(25)26)9-16(23)24/h13-15,17,22H,1,4-11H2,2-3H3,(H,23,24)(H,25,26)(H,27,28)/t13-,14+,15+,17+,20+,21-/m1/s1. The van der Waals surface area contributed by atoms with Crippen LogP contribution in [0.25, 0.3) is 0 Å². The van der Waals surface area contributed by atoms with Crippen LogP contribution in [0.4, 0.5) is 0 Å². The third-order valence-electron chi connectivity index (χ3n) is 7.27. The molecule has 2 aliphatic carbocycles. The number of carboxylic acids is 3. The Balaban J connectivity index is 2.25. The summed E-state index contributed by atoms with van der Waals surface area (Å²) >= 11 is 0. The maximum atomic E-state index is 11.7. The van der Waals surface area contributed by atoms with E-state index in [2.05, 4.69) is 20.4 Å². The molecule has 0 radical (unpaired) electrons. The lowest BCUT2D eigenvalue weighted by molar-refractivity contribution is -0.170. The van der Waals surface area contributed by atoms with E-state index in [1.807, 2.05) is 0 Å². The zero-order valence-corrected chi connectivity index (χ0v) is 17.1. The van der Waals surface area contributed by atoms with Gasteiger partial charge in [-0.3, -0.25) is 9.59 Å². The Morgan fingerprint density at radius 3 is 2.34 bits per heavy atom. The van der Waals surface area contributed by atoms with E-state index in [1.54, 1.807) is 0 Å². The van der Waals surface area contributed by atoms with E-state index in [1.165, 1.54) is 0 Å². The quantitative estimate of drug-likeness (QED) is 0.423. The molecular formula is C21H32O8. The van der Waals surface area contributed by atoms with Gasteiger partial charge >= 0.3 is 17.9 Å². The van der Waals surface area contributed by atoms with Crippen LogP contribution in [0.5, 0.6) is 0 Å². The van der Waals surface area contributed by atoms with Crippen molar-refractivity contribution in [3.05, 3.63) is 12.2 Å². The SMILES string of the molecule is C=C1CC[C@H]2[C@](C)(CO)CCC[C@]2(C)[C@H]1CO[C@H](C(=O)O)[C@@H](CC(=O)O)C(=O)O. The molecule has 0 heterocycles. The molecule has 0 bridgehead atoms. The highest BCUT2D eigenvalue weighted by Gasteiger charge is 2.54. The Morgan fingerprint density at radius 2 is 1.83 bits per heavy atom. The lowest BCUT2D eigenvalue weighted by Gasteiger charge is -2.58. The van der Waals surface area contributed by atoms with Gasteiger partial charge in [-0.1, -0.05) is 32.4 Å². The van der Waals surface area contributed by atoms with E-state index in [0.717, 1.165) is 37.7 Å². The van der Waals surface area contributed by atoms with Crippen molar-refractivity contribution in [1.82, 2.24) is 0 Å². The Morgan fingerprint density at radius 1 is 1.17 bits per heavy atom. The van der Waals surface area contributed by atoms with E-state index in [4.69, 9.17) is 9.84 Å². The summed E-state index contributed by atoms with van der Waals surface area (Å²) in [4.78, 5) is 34.1. The number of carbonyl (C=O) groups is 3. The summed E-state index contributed by atoms with van der Waals surface area (Å²) < 4.78 is 5.59. The molecule has 0 amide bonds. The Hall–Kier alpha value is -1.93. The van der Waals surface area contributed by atoms with Crippen molar-refractivity contribution in [2.75, 3.05) is 13.2 Å². The Labute approximate surface area is 170 Å². The Bertz CT molecular complexity index is 674. The van der Waals surface area contributed by atoms with Crippen LogP contribution in [-0.2, 0) is 19.1 Å². The average molecular weight is 412 g/mol. The molecular weight excluding hydrogens is 380 g/mol. The minimum absolute atomic E-state index is 0.0340. The van der Waals surface area contributed by atoms with Gasteiger partial charge < -0.3 is 25.2 Å². The monoisotopic (exact) mass is 412 g/mol. The summed E-state index contributed by atoms with van der Waals surface area (Å²) in [6, 6.07) is 0. The summed E-state index contributed by atoms with van der Waals surface area (Å²) in [5.41, 5.74) is 0.449. The number of aliphatic hydroxyl groups is 1. The van der Waals surface area contributed by atoms with Crippen LogP contribution in [0, 0.1) is 28.6 Å². The van der Waals surface area contributed by atoms with Gasteiger partial charge in [-0.05, 0) is 42.4 Å². The van der Waals surface area contributed by atoms with Crippen LogP contribution < -0.4 is 0 Å². The van der Waals surface area contributed by atoms with Gasteiger partial charge in [-0.25, -0.2) is 4.79 Å². The molecule has 2 fully saturated rings. The second kappa shape index (κ2) is 8.83. The predicted molar refractivity (Wildman–Crippen MR) is 103 cm³/mol. The molecule has 0 unspecified atom stereocenters. The average Bonchev–Trinajstić information content (AvgIpc) is 2.61. The summed E-state index contributed by atoms with van der Waals surface area (Å²) in [7, 11) is 0. The van der Waals surface area contributed by atoms with Crippen molar-refractivity contribution in [2.45, 2.75) is 58.5 Å². The largest absolute Gasteiger partial charge is 0.481 e. The lowest BCUT2D eigenvalue weighted by Crippen LogP contribution is -2.53. The molecule has 29 heavy (non-hydrogen) atoms. The lowest BCUT2D eigenvalue weighted by atomic mass is 9.47. The fourth-order valence-electron chi connectivity index (χ4n) is 5.65. The first-order chi connectivity index (χ1) is 13.5. The molecule has 2 saturated carbocycles. The van der Waals surface area contributed by atoms with Gasteiger partial charge in [0, 0.05) is 12.5 Å². The molecule has 0 aromatic rings. The highest BCUT2D eigenvalue weighted by atomic mass is 16.5. The van der Waals surface area contributed by atoms with Crippen molar-refractivity contribution < 1.29 is 39.5 Å². The summed E-state index contributed by atoms with van der Waals surface area (Å²) in [6.45, 7) is 8.39. The van der Waals surface area contributed by atoms with E-state index < -0.39 is 36.4 Å². The van der Waals surface area contributed by atoms with Gasteiger partial charge in [0.25, 0.3) is 0 Å². The number of rotatable bonds is 9. The van der Waals surface area contributed by atoms with Crippen molar-refractivity contribution in [3.8, 4) is 0 Å². The molecule has 164 valence electrons. The minimum atomic E-state index is -1.76. The van der Waals surface area contributed by atoms with Crippen molar-refractivity contribution in [2.24, 2.45) is 28.6 Å². The normalized spacial score (nSPS) is 34.1. The van der Waals surface area contributed by atoms with Gasteiger partial charge in [-0.15, -0.1) is 0 Å². The fourth-order valence-corrected chi connectivity index (χ4v) is 5.65. The molecule has 0 aromatic heterocycles. The molecule has 0 spiro atoms. The number of hydrogen-bond donors (Lipinski definition) is 4. The molecule has 0 saturated heterocycles. The molecule has 0 aromatic carbocycles. The third-order valence-corrected chi connectivity index (χ3v) is 7.27. The van der Waals surface area contributed by atoms with Crippen molar-refractivity contribution >= 4 is 17.9 Å².